The van der Waals surface area contributed by atoms with Crippen molar-refractivity contribution in [1.29, 1.82) is 0 Å². The van der Waals surface area contributed by atoms with Crippen LogP contribution < -0.4 is 16.2 Å². The quantitative estimate of drug-likeness (QED) is 0.656. The maximum Gasteiger partial charge on any atom is 0.161 e. The molecule has 0 unspecified atom stereocenters. The van der Waals surface area contributed by atoms with E-state index in [0.717, 1.165) is 24.2 Å². The number of methoxy groups -OCH3 is 1. The first kappa shape index (κ1) is 13.8. The Hall–Kier alpha value is -2.18. The Morgan fingerprint density at radius 3 is 2.95 bits per heavy atom. The average Bonchev–Trinajstić information content (AvgIpc) is 2.88. The maximum absolute atomic E-state index is 5.48. The topological polar surface area (TPSA) is 76.3 Å². The molecule has 0 saturated heterocycles. The predicted octanol–water partition coefficient (Wildman–Crippen LogP) is 1.57. The summed E-state index contributed by atoms with van der Waals surface area (Å²) in [6.07, 6.45) is 1.05. The Labute approximate surface area is 123 Å². The number of benzene rings is 1. The number of hydrazine groups is 1. The van der Waals surface area contributed by atoms with Crippen LogP contribution in [0.15, 0.2) is 24.3 Å². The van der Waals surface area contributed by atoms with Crippen LogP contribution in [0.5, 0.6) is 0 Å². The third-order valence-electron chi connectivity index (χ3n) is 3.68. The average molecular weight is 285 g/mol. The molecule has 0 saturated carbocycles. The van der Waals surface area contributed by atoms with Crippen LogP contribution in [-0.4, -0.2) is 30.7 Å². The molecular formula is C15H19N5O. The van der Waals surface area contributed by atoms with Crippen molar-refractivity contribution in [3.63, 3.8) is 0 Å². The number of likely N-dealkylation sites (N-methyl/N-ethyl adjacent to an activating group) is 1. The van der Waals surface area contributed by atoms with Crippen molar-refractivity contribution in [3.05, 3.63) is 35.5 Å². The summed E-state index contributed by atoms with van der Waals surface area (Å²) in [6, 6.07) is 8.12. The minimum atomic E-state index is 0.428. The van der Waals surface area contributed by atoms with Crippen molar-refractivity contribution >= 4 is 11.5 Å². The summed E-state index contributed by atoms with van der Waals surface area (Å²) in [5, 5.41) is 0. The van der Waals surface area contributed by atoms with E-state index in [0.29, 0.717) is 18.2 Å². The molecule has 1 aromatic carbocycles. The molecule has 6 heteroatoms. The van der Waals surface area contributed by atoms with Gasteiger partial charge in [-0.05, 0) is 30.2 Å². The van der Waals surface area contributed by atoms with Gasteiger partial charge in [-0.3, -0.25) is 0 Å². The number of hydrogen-bond acceptors (Lipinski definition) is 6. The second-order valence-electron chi connectivity index (χ2n) is 5.16. The number of fused-ring (bicyclic) bond motifs is 1. The van der Waals surface area contributed by atoms with Crippen LogP contribution in [0.2, 0.25) is 0 Å². The van der Waals surface area contributed by atoms with E-state index in [1.165, 1.54) is 11.3 Å². The van der Waals surface area contributed by atoms with Gasteiger partial charge in [0.2, 0.25) is 0 Å². The number of ether oxygens (including phenoxy) is 1. The highest BCUT2D eigenvalue weighted by molar-refractivity contribution is 5.67. The van der Waals surface area contributed by atoms with Crippen LogP contribution in [0.3, 0.4) is 0 Å². The van der Waals surface area contributed by atoms with Crippen LogP contribution in [0.25, 0.3) is 11.4 Å². The molecule has 1 aliphatic rings. The van der Waals surface area contributed by atoms with Crippen molar-refractivity contribution in [3.8, 4) is 11.4 Å². The molecule has 3 rings (SSSR count). The van der Waals surface area contributed by atoms with E-state index >= 15 is 0 Å². The lowest BCUT2D eigenvalue weighted by molar-refractivity contribution is 0.181. The second kappa shape index (κ2) is 5.67. The molecule has 110 valence electrons. The summed E-state index contributed by atoms with van der Waals surface area (Å²) in [6.45, 7) is 1.48. The first-order chi connectivity index (χ1) is 10.2. The van der Waals surface area contributed by atoms with Crippen molar-refractivity contribution in [2.45, 2.75) is 13.0 Å². The van der Waals surface area contributed by atoms with E-state index in [4.69, 9.17) is 10.6 Å². The smallest absolute Gasteiger partial charge is 0.161 e. The molecule has 2 heterocycles. The second-order valence-corrected chi connectivity index (χ2v) is 5.16. The molecule has 1 aliphatic heterocycles. The fourth-order valence-corrected chi connectivity index (χ4v) is 2.63. The largest absolute Gasteiger partial charge is 0.378 e. The summed E-state index contributed by atoms with van der Waals surface area (Å²) in [5.41, 5.74) is 6.99. The predicted molar refractivity (Wildman–Crippen MR) is 83.0 cm³/mol. The monoisotopic (exact) mass is 285 g/mol. The molecule has 21 heavy (non-hydrogen) atoms. The Morgan fingerprint density at radius 2 is 2.19 bits per heavy atom. The van der Waals surface area contributed by atoms with E-state index in [-0.39, 0.29) is 0 Å². The molecule has 1 aromatic heterocycles. The summed E-state index contributed by atoms with van der Waals surface area (Å²) in [7, 11) is 3.75. The SMILES string of the molecule is COCc1cc(NN)nc(-c2ccc3c(c2)CCN3C)n1. The number of nitrogens with one attached hydrogen (secondary N) is 1. The Balaban J connectivity index is 2.01. The van der Waals surface area contributed by atoms with Crippen molar-refractivity contribution in [1.82, 2.24) is 9.97 Å². The van der Waals surface area contributed by atoms with E-state index in [9.17, 15) is 0 Å². The lowest BCUT2D eigenvalue weighted by Crippen LogP contribution is -2.12. The van der Waals surface area contributed by atoms with Gasteiger partial charge in [0.15, 0.2) is 5.82 Å². The van der Waals surface area contributed by atoms with Crippen LogP contribution in [-0.2, 0) is 17.8 Å². The molecule has 2 aromatic rings. The Kier molecular flexibility index (Phi) is 3.72. The maximum atomic E-state index is 5.48. The lowest BCUT2D eigenvalue weighted by atomic mass is 10.1. The number of nitrogen functional groups attached to an aromatic ring is 1. The van der Waals surface area contributed by atoms with E-state index in [1.807, 2.05) is 6.07 Å². The van der Waals surface area contributed by atoms with Crippen molar-refractivity contribution in [2.75, 3.05) is 31.0 Å². The van der Waals surface area contributed by atoms with Gasteiger partial charge in [0, 0.05) is 38.0 Å². The number of nitrogens with two attached hydrogens (primary N) is 1. The fourth-order valence-electron chi connectivity index (χ4n) is 2.63. The molecule has 0 aliphatic carbocycles. The highest BCUT2D eigenvalue weighted by Gasteiger charge is 2.17. The van der Waals surface area contributed by atoms with Gasteiger partial charge in [-0.15, -0.1) is 0 Å². The standard InChI is InChI=1S/C15H19N5O/c1-20-6-5-10-7-11(3-4-13(10)20)15-17-12(9-21-2)8-14(18-15)19-16/h3-4,7-8H,5-6,9,16H2,1-2H3,(H,17,18,19). The summed E-state index contributed by atoms with van der Waals surface area (Å²) in [4.78, 5) is 11.2. The molecule has 0 amide bonds. The Bertz CT molecular complexity index is 659. The molecule has 0 spiro atoms. The van der Waals surface area contributed by atoms with Gasteiger partial charge in [-0.1, -0.05) is 0 Å². The molecule has 0 radical (unpaired) electrons. The number of rotatable bonds is 4. The molecule has 0 bridgehead atoms. The van der Waals surface area contributed by atoms with Gasteiger partial charge >= 0.3 is 0 Å². The zero-order chi connectivity index (χ0) is 14.8. The van der Waals surface area contributed by atoms with Crippen LogP contribution in [0.1, 0.15) is 11.3 Å². The zero-order valence-electron chi connectivity index (χ0n) is 12.3. The summed E-state index contributed by atoms with van der Waals surface area (Å²) < 4.78 is 5.14. The van der Waals surface area contributed by atoms with Crippen LogP contribution in [0.4, 0.5) is 11.5 Å². The molecule has 6 nitrogen and oxygen atoms in total. The van der Waals surface area contributed by atoms with E-state index < -0.39 is 0 Å². The van der Waals surface area contributed by atoms with Crippen LogP contribution in [0, 0.1) is 0 Å². The third kappa shape index (κ3) is 2.68. The number of anilines is 2. The summed E-state index contributed by atoms with van der Waals surface area (Å²) in [5.74, 6) is 6.73. The molecule has 0 fully saturated rings. The number of nitrogens with zero attached hydrogens (tertiary/aromatic N) is 3. The molecule has 3 N–H and O–H groups in total. The number of aromatic nitrogens is 2. The van der Waals surface area contributed by atoms with Gasteiger partial charge in [0.1, 0.15) is 5.82 Å². The summed E-state index contributed by atoms with van der Waals surface area (Å²) >= 11 is 0. The highest BCUT2D eigenvalue weighted by Crippen LogP contribution is 2.30. The van der Waals surface area contributed by atoms with Gasteiger partial charge in [-0.25, -0.2) is 15.8 Å². The fraction of sp³-hybridized carbons (Fsp3) is 0.333. The molecule has 0 atom stereocenters. The lowest BCUT2D eigenvalue weighted by Gasteiger charge is -2.12. The van der Waals surface area contributed by atoms with Gasteiger partial charge in [-0.2, -0.15) is 0 Å². The first-order valence-corrected chi connectivity index (χ1v) is 6.89. The van der Waals surface area contributed by atoms with E-state index in [1.54, 1.807) is 13.2 Å². The normalized spacial score (nSPS) is 13.4. The first-order valence-electron chi connectivity index (χ1n) is 6.89. The van der Waals surface area contributed by atoms with E-state index in [2.05, 4.69) is 39.5 Å². The third-order valence-corrected chi connectivity index (χ3v) is 3.68. The van der Waals surface area contributed by atoms with Crippen molar-refractivity contribution in [2.24, 2.45) is 5.84 Å². The van der Waals surface area contributed by atoms with Gasteiger partial charge in [0.25, 0.3) is 0 Å². The molecular weight excluding hydrogens is 266 g/mol. The van der Waals surface area contributed by atoms with Gasteiger partial charge < -0.3 is 15.1 Å². The zero-order valence-corrected chi connectivity index (χ0v) is 12.3. The highest BCUT2D eigenvalue weighted by atomic mass is 16.5. The minimum Gasteiger partial charge on any atom is -0.378 e. The van der Waals surface area contributed by atoms with Crippen molar-refractivity contribution < 1.29 is 4.74 Å². The van der Waals surface area contributed by atoms with Gasteiger partial charge in [0.05, 0.1) is 12.3 Å². The Morgan fingerprint density at radius 1 is 1.33 bits per heavy atom. The number of hydrogen-bond donors (Lipinski definition) is 2. The van der Waals surface area contributed by atoms with Crippen LogP contribution >= 0.6 is 0 Å². The minimum absolute atomic E-state index is 0.428.